The van der Waals surface area contributed by atoms with Gasteiger partial charge in [-0.1, -0.05) is 19.8 Å². The molecular weight excluding hydrogens is 358 g/mol. The summed E-state index contributed by atoms with van der Waals surface area (Å²) in [5.74, 6) is -0.0265. The number of fused-ring (bicyclic) bond motifs is 3. The Balaban J connectivity index is 1.90. The maximum atomic E-state index is 12.6. The van der Waals surface area contributed by atoms with Gasteiger partial charge in [0.1, 0.15) is 11.8 Å². The molecule has 1 unspecified atom stereocenters. The maximum absolute atomic E-state index is 12.6. The van der Waals surface area contributed by atoms with Crippen molar-refractivity contribution in [2.24, 2.45) is 0 Å². The van der Waals surface area contributed by atoms with Crippen molar-refractivity contribution < 1.29 is 14.3 Å². The highest BCUT2D eigenvalue weighted by atomic mass is 32.1. The number of hydrogen-bond acceptors (Lipinski definition) is 5. The first kappa shape index (κ1) is 19.7. The molecule has 27 heavy (non-hydrogen) atoms. The second-order valence-corrected chi connectivity index (χ2v) is 8.22. The molecule has 0 amide bonds. The molecule has 0 spiro atoms. The summed E-state index contributed by atoms with van der Waals surface area (Å²) in [5, 5.41) is 11.1. The lowest BCUT2D eigenvalue weighted by molar-refractivity contribution is -0.157. The number of carbonyl (C=O) groups is 1. The number of hydrogen-bond donors (Lipinski definition) is 0. The average molecular weight is 386 g/mol. The Morgan fingerprint density at radius 3 is 2.81 bits per heavy atom. The van der Waals surface area contributed by atoms with E-state index in [2.05, 4.69) is 19.1 Å². The molecule has 0 N–H and O–H groups in total. The Morgan fingerprint density at radius 1 is 1.26 bits per heavy atom. The van der Waals surface area contributed by atoms with Gasteiger partial charge in [-0.25, -0.2) is 4.79 Å². The van der Waals surface area contributed by atoms with Gasteiger partial charge in [0, 0.05) is 16.0 Å². The van der Waals surface area contributed by atoms with Crippen LogP contribution in [-0.4, -0.2) is 18.2 Å². The van der Waals surface area contributed by atoms with Gasteiger partial charge in [0.2, 0.25) is 0 Å². The van der Waals surface area contributed by atoms with E-state index in [1.807, 2.05) is 23.5 Å². The van der Waals surface area contributed by atoms with Gasteiger partial charge >= 0.3 is 5.97 Å². The third-order valence-electron chi connectivity index (χ3n) is 5.14. The zero-order valence-electron chi connectivity index (χ0n) is 16.2. The molecule has 1 aliphatic rings. The first-order chi connectivity index (χ1) is 13.1. The van der Waals surface area contributed by atoms with Crippen molar-refractivity contribution in [2.45, 2.75) is 70.8 Å². The number of esters is 1. The van der Waals surface area contributed by atoms with Crippen LogP contribution in [0.2, 0.25) is 0 Å². The highest BCUT2D eigenvalue weighted by Gasteiger charge is 2.42. The zero-order valence-corrected chi connectivity index (χ0v) is 17.0. The van der Waals surface area contributed by atoms with Crippen molar-refractivity contribution in [3.63, 3.8) is 0 Å². The fraction of sp³-hybridized carbons (Fsp3) is 0.545. The second kappa shape index (κ2) is 8.75. The fourth-order valence-electron chi connectivity index (χ4n) is 3.70. The number of nitriles is 1. The number of carbonyl (C=O) groups excluding carboxylic acids is 1. The predicted octanol–water partition coefficient (Wildman–Crippen LogP) is 5.56. The molecule has 3 rings (SSSR count). The number of thiophene rings is 1. The summed E-state index contributed by atoms with van der Waals surface area (Å²) in [7, 11) is 0. The second-order valence-electron chi connectivity index (χ2n) is 7.09. The highest BCUT2D eigenvalue weighted by molar-refractivity contribution is 7.19. The standard InChI is InChI=1S/C22H27NO3S/c1-3-5-8-13-22(15-23,21(24)25-4-2)26-16-11-12-18-17-9-6-7-10-19(17)27-20(18)14-16/h11-12,14H,3-10,13H2,1-2H3. The summed E-state index contributed by atoms with van der Waals surface area (Å²) in [4.78, 5) is 14.0. The van der Waals surface area contributed by atoms with Crippen LogP contribution < -0.4 is 4.74 Å². The van der Waals surface area contributed by atoms with Gasteiger partial charge < -0.3 is 9.47 Å². The van der Waals surface area contributed by atoms with E-state index in [0.717, 1.165) is 32.1 Å². The molecule has 144 valence electrons. The van der Waals surface area contributed by atoms with Crippen LogP contribution in [0.1, 0.15) is 62.8 Å². The van der Waals surface area contributed by atoms with E-state index < -0.39 is 11.6 Å². The molecule has 1 atom stereocenters. The van der Waals surface area contributed by atoms with E-state index >= 15 is 0 Å². The summed E-state index contributed by atoms with van der Waals surface area (Å²) in [6.07, 6.45) is 7.83. The monoisotopic (exact) mass is 385 g/mol. The normalized spacial score (nSPS) is 15.6. The third-order valence-corrected chi connectivity index (χ3v) is 6.39. The third kappa shape index (κ3) is 4.11. The Kier molecular flexibility index (Phi) is 6.38. The Morgan fingerprint density at radius 2 is 2.07 bits per heavy atom. The number of rotatable bonds is 8. The quantitative estimate of drug-likeness (QED) is 0.440. The van der Waals surface area contributed by atoms with Gasteiger partial charge in [-0.2, -0.15) is 5.26 Å². The number of nitrogens with zero attached hydrogens (tertiary/aromatic N) is 1. The molecule has 2 aromatic rings. The smallest absolute Gasteiger partial charge is 0.365 e. The van der Waals surface area contributed by atoms with Crippen LogP contribution >= 0.6 is 11.3 Å². The van der Waals surface area contributed by atoms with Crippen molar-refractivity contribution in [3.8, 4) is 11.8 Å². The number of aryl methyl sites for hydroxylation is 2. The van der Waals surface area contributed by atoms with Gasteiger partial charge in [0.25, 0.3) is 5.60 Å². The van der Waals surface area contributed by atoms with Crippen LogP contribution in [0.15, 0.2) is 18.2 Å². The van der Waals surface area contributed by atoms with Crippen molar-refractivity contribution >= 4 is 27.4 Å². The van der Waals surface area contributed by atoms with Crippen LogP contribution in [0.4, 0.5) is 0 Å². The molecule has 1 aromatic carbocycles. The van der Waals surface area contributed by atoms with E-state index in [-0.39, 0.29) is 6.61 Å². The summed E-state index contributed by atoms with van der Waals surface area (Å²) in [6.45, 7) is 4.07. The van der Waals surface area contributed by atoms with Crippen molar-refractivity contribution in [2.75, 3.05) is 6.61 Å². The lowest BCUT2D eigenvalue weighted by Gasteiger charge is -2.25. The molecule has 0 fully saturated rings. The van der Waals surface area contributed by atoms with Crippen LogP contribution in [0.25, 0.3) is 10.1 Å². The van der Waals surface area contributed by atoms with Gasteiger partial charge in [-0.3, -0.25) is 0 Å². The Labute approximate surface area is 165 Å². The minimum absolute atomic E-state index is 0.232. The van der Waals surface area contributed by atoms with Crippen LogP contribution in [0, 0.1) is 11.3 Å². The maximum Gasteiger partial charge on any atom is 0.365 e. The summed E-state index contributed by atoms with van der Waals surface area (Å²) in [6, 6.07) is 8.04. The molecule has 0 saturated heterocycles. The predicted molar refractivity (Wildman–Crippen MR) is 108 cm³/mol. The molecule has 5 heteroatoms. The summed E-state index contributed by atoms with van der Waals surface area (Å²) < 4.78 is 12.4. The van der Waals surface area contributed by atoms with Gasteiger partial charge in [0.15, 0.2) is 0 Å². The molecule has 4 nitrogen and oxygen atoms in total. The minimum Gasteiger partial charge on any atom is -0.462 e. The highest BCUT2D eigenvalue weighted by Crippen LogP contribution is 2.38. The Bertz CT molecular complexity index is 851. The number of unbranched alkanes of at least 4 members (excludes halogenated alkanes) is 2. The first-order valence-electron chi connectivity index (χ1n) is 9.95. The summed E-state index contributed by atoms with van der Waals surface area (Å²) in [5.41, 5.74) is -0.108. The minimum atomic E-state index is -1.57. The van der Waals surface area contributed by atoms with E-state index in [4.69, 9.17) is 9.47 Å². The zero-order chi connectivity index (χ0) is 19.3. The number of benzene rings is 1. The molecule has 0 saturated carbocycles. The molecule has 1 aliphatic carbocycles. The van der Waals surface area contributed by atoms with Gasteiger partial charge in [0.05, 0.1) is 6.61 Å². The van der Waals surface area contributed by atoms with Crippen molar-refractivity contribution in [1.29, 1.82) is 5.26 Å². The SMILES string of the molecule is CCCCCC(C#N)(Oc1ccc2c3c(sc2c1)CCCC3)C(=O)OCC. The van der Waals surface area contributed by atoms with E-state index in [1.54, 1.807) is 6.92 Å². The Hall–Kier alpha value is -2.06. The molecule has 0 aliphatic heterocycles. The molecule has 0 bridgehead atoms. The van der Waals surface area contributed by atoms with E-state index in [1.165, 1.54) is 33.4 Å². The van der Waals surface area contributed by atoms with E-state index in [0.29, 0.717) is 12.2 Å². The lowest BCUT2D eigenvalue weighted by Crippen LogP contribution is -2.44. The van der Waals surface area contributed by atoms with Crippen LogP contribution in [0.3, 0.4) is 0 Å². The van der Waals surface area contributed by atoms with Gasteiger partial charge in [-0.15, -0.1) is 11.3 Å². The largest absolute Gasteiger partial charge is 0.462 e. The summed E-state index contributed by atoms with van der Waals surface area (Å²) >= 11 is 1.81. The van der Waals surface area contributed by atoms with Crippen molar-refractivity contribution in [1.82, 2.24) is 0 Å². The van der Waals surface area contributed by atoms with Crippen molar-refractivity contribution in [3.05, 3.63) is 28.6 Å². The fourth-order valence-corrected chi connectivity index (χ4v) is 5.02. The molecular formula is C22H27NO3S. The van der Waals surface area contributed by atoms with Crippen LogP contribution in [0.5, 0.6) is 5.75 Å². The first-order valence-corrected chi connectivity index (χ1v) is 10.8. The van der Waals surface area contributed by atoms with E-state index in [9.17, 15) is 10.1 Å². The topological polar surface area (TPSA) is 59.3 Å². The molecule has 1 heterocycles. The molecule has 1 aromatic heterocycles. The lowest BCUT2D eigenvalue weighted by atomic mass is 9.96. The average Bonchev–Trinajstić information content (AvgIpc) is 3.05. The van der Waals surface area contributed by atoms with Gasteiger partial charge in [-0.05, 0) is 68.2 Å². The van der Waals surface area contributed by atoms with Crippen LogP contribution in [-0.2, 0) is 22.4 Å². The number of ether oxygens (including phenoxy) is 2. The molecule has 0 radical (unpaired) electrons.